The van der Waals surface area contributed by atoms with Gasteiger partial charge in [-0.3, -0.25) is 9.20 Å². The van der Waals surface area contributed by atoms with Crippen LogP contribution in [0.3, 0.4) is 0 Å². The van der Waals surface area contributed by atoms with E-state index in [-0.39, 0.29) is 5.56 Å². The first-order chi connectivity index (χ1) is 9.02. The number of hydrogen-bond acceptors (Lipinski definition) is 1. The minimum Gasteiger partial charge on any atom is -0.284 e. The Bertz CT molecular complexity index is 872. The van der Waals surface area contributed by atoms with Crippen molar-refractivity contribution >= 4 is 16.3 Å². The molecule has 0 N–H and O–H groups in total. The molecule has 0 saturated carbocycles. The fourth-order valence-electron chi connectivity index (χ4n) is 2.82. The standard InChI is InChI=1S/C17H17NO/c1-10-11(2)13(4)16-15(12(10)3)9-14-7-5-6-8-18(14)17(16)19/h5-9H,1-4H3. The molecule has 2 heteroatoms. The van der Waals surface area contributed by atoms with Gasteiger partial charge in [0.05, 0.1) is 5.39 Å². The number of fused-ring (bicyclic) bond motifs is 2. The van der Waals surface area contributed by atoms with Gasteiger partial charge >= 0.3 is 0 Å². The molecule has 0 bridgehead atoms. The highest BCUT2D eigenvalue weighted by Crippen LogP contribution is 2.27. The van der Waals surface area contributed by atoms with E-state index in [1.807, 2.05) is 31.3 Å². The SMILES string of the molecule is Cc1c(C)c(C)c2c(=O)n3ccccc3cc2c1C. The highest BCUT2D eigenvalue weighted by atomic mass is 16.1. The summed E-state index contributed by atoms with van der Waals surface area (Å²) in [5.74, 6) is 0. The summed E-state index contributed by atoms with van der Waals surface area (Å²) in [5, 5.41) is 1.93. The van der Waals surface area contributed by atoms with Crippen molar-refractivity contribution in [2.45, 2.75) is 27.7 Å². The van der Waals surface area contributed by atoms with E-state index in [0.717, 1.165) is 21.9 Å². The van der Waals surface area contributed by atoms with Crippen molar-refractivity contribution in [3.8, 4) is 0 Å². The zero-order valence-electron chi connectivity index (χ0n) is 11.7. The van der Waals surface area contributed by atoms with Gasteiger partial charge in [0.25, 0.3) is 5.56 Å². The second-order valence-electron chi connectivity index (χ2n) is 5.23. The van der Waals surface area contributed by atoms with Gasteiger partial charge in [-0.05, 0) is 73.5 Å². The molecule has 1 aromatic carbocycles. The van der Waals surface area contributed by atoms with Crippen LogP contribution in [0.1, 0.15) is 22.3 Å². The number of hydrogen-bond donors (Lipinski definition) is 0. The maximum absolute atomic E-state index is 12.7. The fourth-order valence-corrected chi connectivity index (χ4v) is 2.82. The molecule has 3 aromatic rings. The molecule has 0 saturated heterocycles. The largest absolute Gasteiger partial charge is 0.284 e. The minimum absolute atomic E-state index is 0.0804. The lowest BCUT2D eigenvalue weighted by Crippen LogP contribution is -2.15. The van der Waals surface area contributed by atoms with Gasteiger partial charge in [-0.1, -0.05) is 6.07 Å². The molecule has 96 valence electrons. The molecule has 19 heavy (non-hydrogen) atoms. The van der Waals surface area contributed by atoms with E-state index in [1.165, 1.54) is 16.7 Å². The van der Waals surface area contributed by atoms with E-state index in [1.54, 1.807) is 4.40 Å². The number of pyridine rings is 2. The molecule has 0 aliphatic heterocycles. The monoisotopic (exact) mass is 251 g/mol. The van der Waals surface area contributed by atoms with Crippen molar-refractivity contribution in [1.29, 1.82) is 0 Å². The quantitative estimate of drug-likeness (QED) is 0.558. The third-order valence-corrected chi connectivity index (χ3v) is 4.35. The van der Waals surface area contributed by atoms with Crippen LogP contribution in [0.15, 0.2) is 35.3 Å². The van der Waals surface area contributed by atoms with Gasteiger partial charge in [0, 0.05) is 11.7 Å². The molecule has 0 amide bonds. The van der Waals surface area contributed by atoms with E-state index in [4.69, 9.17) is 0 Å². The summed E-state index contributed by atoms with van der Waals surface area (Å²) < 4.78 is 1.73. The Morgan fingerprint density at radius 1 is 0.895 bits per heavy atom. The average molecular weight is 251 g/mol. The molecule has 0 spiro atoms. The maximum atomic E-state index is 12.7. The predicted molar refractivity (Wildman–Crippen MR) is 80.1 cm³/mol. The number of aromatic nitrogens is 1. The van der Waals surface area contributed by atoms with E-state index in [2.05, 4.69) is 26.8 Å². The second-order valence-corrected chi connectivity index (χ2v) is 5.23. The Labute approximate surface area is 112 Å². The molecule has 0 radical (unpaired) electrons. The van der Waals surface area contributed by atoms with Crippen molar-refractivity contribution in [2.75, 3.05) is 0 Å². The Kier molecular flexibility index (Phi) is 2.49. The second kappa shape index (κ2) is 3.95. The predicted octanol–water partition coefficient (Wildman–Crippen LogP) is 3.69. The Morgan fingerprint density at radius 2 is 1.58 bits per heavy atom. The summed E-state index contributed by atoms with van der Waals surface area (Å²) >= 11 is 0. The average Bonchev–Trinajstić information content (AvgIpc) is 2.43. The third-order valence-electron chi connectivity index (χ3n) is 4.35. The topological polar surface area (TPSA) is 21.5 Å². The first-order valence-electron chi connectivity index (χ1n) is 6.53. The van der Waals surface area contributed by atoms with Crippen LogP contribution >= 0.6 is 0 Å². The van der Waals surface area contributed by atoms with E-state index < -0.39 is 0 Å². The van der Waals surface area contributed by atoms with Gasteiger partial charge in [-0.15, -0.1) is 0 Å². The number of aryl methyl sites for hydroxylation is 2. The Balaban J connectivity index is 2.71. The smallest absolute Gasteiger partial charge is 0.263 e. The Morgan fingerprint density at radius 3 is 2.32 bits per heavy atom. The van der Waals surface area contributed by atoms with Crippen molar-refractivity contribution < 1.29 is 0 Å². The molecule has 0 aliphatic carbocycles. The van der Waals surface area contributed by atoms with E-state index in [0.29, 0.717) is 0 Å². The number of benzene rings is 1. The van der Waals surface area contributed by atoms with Crippen LogP contribution in [0.25, 0.3) is 16.3 Å². The molecular formula is C17H17NO. The van der Waals surface area contributed by atoms with Crippen LogP contribution in [-0.2, 0) is 0 Å². The molecular weight excluding hydrogens is 234 g/mol. The zero-order chi connectivity index (χ0) is 13.7. The molecule has 0 unspecified atom stereocenters. The van der Waals surface area contributed by atoms with Crippen molar-refractivity contribution in [3.05, 3.63) is 63.1 Å². The summed E-state index contributed by atoms with van der Waals surface area (Å²) in [6.45, 7) is 8.37. The van der Waals surface area contributed by atoms with E-state index in [9.17, 15) is 4.79 Å². The van der Waals surface area contributed by atoms with Crippen LogP contribution in [0.4, 0.5) is 0 Å². The fraction of sp³-hybridized carbons (Fsp3) is 0.235. The summed E-state index contributed by atoms with van der Waals surface area (Å²) in [5.41, 5.74) is 5.84. The van der Waals surface area contributed by atoms with Crippen LogP contribution in [0.2, 0.25) is 0 Å². The molecule has 3 rings (SSSR count). The van der Waals surface area contributed by atoms with Crippen LogP contribution < -0.4 is 5.56 Å². The molecule has 2 nitrogen and oxygen atoms in total. The van der Waals surface area contributed by atoms with Crippen LogP contribution in [-0.4, -0.2) is 4.40 Å². The van der Waals surface area contributed by atoms with Crippen molar-refractivity contribution in [1.82, 2.24) is 4.40 Å². The summed E-state index contributed by atoms with van der Waals surface area (Å²) in [7, 11) is 0. The lowest BCUT2D eigenvalue weighted by molar-refractivity contribution is 1.11. The van der Waals surface area contributed by atoms with Gasteiger partial charge in [0.15, 0.2) is 0 Å². The summed E-state index contributed by atoms with van der Waals surface area (Å²) in [6.07, 6.45) is 1.83. The number of rotatable bonds is 0. The van der Waals surface area contributed by atoms with Gasteiger partial charge in [0.2, 0.25) is 0 Å². The highest BCUT2D eigenvalue weighted by Gasteiger charge is 2.13. The molecule has 2 heterocycles. The van der Waals surface area contributed by atoms with Gasteiger partial charge < -0.3 is 0 Å². The molecule has 0 fully saturated rings. The molecule has 2 aromatic heterocycles. The maximum Gasteiger partial charge on any atom is 0.263 e. The van der Waals surface area contributed by atoms with Gasteiger partial charge in [0.1, 0.15) is 0 Å². The first kappa shape index (κ1) is 12.0. The van der Waals surface area contributed by atoms with Crippen molar-refractivity contribution in [3.63, 3.8) is 0 Å². The minimum atomic E-state index is 0.0804. The zero-order valence-corrected chi connectivity index (χ0v) is 11.7. The Hall–Kier alpha value is -2.09. The van der Waals surface area contributed by atoms with Crippen LogP contribution in [0.5, 0.6) is 0 Å². The molecule has 0 atom stereocenters. The van der Waals surface area contributed by atoms with Gasteiger partial charge in [-0.2, -0.15) is 0 Å². The normalized spacial score (nSPS) is 11.4. The highest BCUT2D eigenvalue weighted by molar-refractivity contribution is 5.92. The van der Waals surface area contributed by atoms with Gasteiger partial charge in [-0.25, -0.2) is 0 Å². The number of nitrogens with zero attached hydrogens (tertiary/aromatic N) is 1. The lowest BCUT2D eigenvalue weighted by Gasteiger charge is -2.14. The molecule has 0 aliphatic rings. The third kappa shape index (κ3) is 1.53. The van der Waals surface area contributed by atoms with E-state index >= 15 is 0 Å². The summed E-state index contributed by atoms with van der Waals surface area (Å²) in [6, 6.07) is 7.95. The first-order valence-corrected chi connectivity index (χ1v) is 6.53. The van der Waals surface area contributed by atoms with Crippen LogP contribution in [0, 0.1) is 27.7 Å². The summed E-state index contributed by atoms with van der Waals surface area (Å²) in [4.78, 5) is 12.7. The lowest BCUT2D eigenvalue weighted by atomic mass is 9.92. The van der Waals surface area contributed by atoms with Crippen molar-refractivity contribution in [2.24, 2.45) is 0 Å².